The maximum atomic E-state index is 12.5. The van der Waals surface area contributed by atoms with Crippen LogP contribution < -0.4 is 9.47 Å². The number of nitrogens with zero attached hydrogens (tertiary/aromatic N) is 2. The molecular weight excluding hydrogens is 410 g/mol. The Morgan fingerprint density at radius 1 is 1.16 bits per heavy atom. The van der Waals surface area contributed by atoms with Crippen LogP contribution >= 0.6 is 0 Å². The van der Waals surface area contributed by atoms with E-state index in [-0.39, 0.29) is 23.0 Å². The molecule has 2 aliphatic rings. The third-order valence-corrected chi connectivity index (χ3v) is 4.75. The Balaban J connectivity index is 1.60. The molecule has 0 radical (unpaired) electrons. The maximum absolute atomic E-state index is 12.5. The van der Waals surface area contributed by atoms with Crippen LogP contribution in [0.25, 0.3) is 6.08 Å². The van der Waals surface area contributed by atoms with Gasteiger partial charge in [-0.25, -0.2) is 4.79 Å². The molecule has 8 nitrogen and oxygen atoms in total. The van der Waals surface area contributed by atoms with E-state index in [1.807, 2.05) is 26.0 Å². The molecule has 0 bridgehead atoms. The van der Waals surface area contributed by atoms with Gasteiger partial charge < -0.3 is 14.3 Å². The standard InChI is InChI=1S/C24H21N3O5/c1-4-30-20-13-16(7-10-19(20)31-24(29)17-8-5-14(2)6-9-17)12-18-22(25)27-21(26-23(18)28)11-15(3)32-27/h5-13,25H,4H2,1-3H3/b18-12-,25-22?. The van der Waals surface area contributed by atoms with Gasteiger partial charge in [0.05, 0.1) is 17.7 Å². The monoisotopic (exact) mass is 431 g/mol. The van der Waals surface area contributed by atoms with Gasteiger partial charge in [0.15, 0.2) is 23.2 Å². The summed E-state index contributed by atoms with van der Waals surface area (Å²) in [6, 6.07) is 12.0. The highest BCUT2D eigenvalue weighted by Gasteiger charge is 2.34. The Morgan fingerprint density at radius 2 is 1.91 bits per heavy atom. The molecule has 0 unspecified atom stereocenters. The van der Waals surface area contributed by atoms with Crippen molar-refractivity contribution in [3.63, 3.8) is 0 Å². The number of fused-ring (bicyclic) bond motifs is 1. The highest BCUT2D eigenvalue weighted by molar-refractivity contribution is 6.32. The number of hydroxylamine groups is 2. The van der Waals surface area contributed by atoms with Crippen LogP contribution in [0.5, 0.6) is 11.5 Å². The lowest BCUT2D eigenvalue weighted by atomic mass is 10.1. The van der Waals surface area contributed by atoms with Gasteiger partial charge in [-0.1, -0.05) is 23.8 Å². The van der Waals surface area contributed by atoms with Crippen LogP contribution in [-0.4, -0.2) is 35.2 Å². The average Bonchev–Trinajstić information content (AvgIpc) is 3.13. The smallest absolute Gasteiger partial charge is 0.343 e. The maximum Gasteiger partial charge on any atom is 0.343 e. The Labute approximate surface area is 184 Å². The summed E-state index contributed by atoms with van der Waals surface area (Å²) in [6.45, 7) is 5.82. The number of carbonyl (C=O) groups is 2. The van der Waals surface area contributed by atoms with Gasteiger partial charge in [0.2, 0.25) is 0 Å². The zero-order valence-electron chi connectivity index (χ0n) is 17.8. The van der Waals surface area contributed by atoms with E-state index in [1.54, 1.807) is 43.3 Å². The van der Waals surface area contributed by atoms with Gasteiger partial charge in [0.1, 0.15) is 5.76 Å². The zero-order valence-corrected chi connectivity index (χ0v) is 17.8. The molecule has 32 heavy (non-hydrogen) atoms. The predicted octanol–water partition coefficient (Wildman–Crippen LogP) is 4.06. The van der Waals surface area contributed by atoms with Crippen molar-refractivity contribution < 1.29 is 23.9 Å². The van der Waals surface area contributed by atoms with Crippen LogP contribution in [0.2, 0.25) is 0 Å². The van der Waals surface area contributed by atoms with Gasteiger partial charge >= 0.3 is 5.97 Å². The van der Waals surface area contributed by atoms with E-state index < -0.39 is 11.9 Å². The van der Waals surface area contributed by atoms with E-state index >= 15 is 0 Å². The van der Waals surface area contributed by atoms with Crippen LogP contribution in [0.3, 0.4) is 0 Å². The largest absolute Gasteiger partial charge is 0.490 e. The highest BCUT2D eigenvalue weighted by Crippen LogP contribution is 2.31. The van der Waals surface area contributed by atoms with E-state index in [9.17, 15) is 9.59 Å². The number of rotatable bonds is 5. The Bertz CT molecular complexity index is 1210. The number of aliphatic imine (C=N–C) groups is 1. The summed E-state index contributed by atoms with van der Waals surface area (Å²) < 4.78 is 11.2. The summed E-state index contributed by atoms with van der Waals surface area (Å²) in [7, 11) is 0. The van der Waals surface area contributed by atoms with Crippen LogP contribution in [0.15, 0.2) is 64.9 Å². The summed E-state index contributed by atoms with van der Waals surface area (Å²) in [5.41, 5.74) is 2.12. The number of carbonyl (C=O) groups excluding carboxylic acids is 2. The lowest BCUT2D eigenvalue weighted by Crippen LogP contribution is -2.38. The summed E-state index contributed by atoms with van der Waals surface area (Å²) in [5, 5.41) is 9.52. The van der Waals surface area contributed by atoms with E-state index in [0.717, 1.165) is 5.56 Å². The molecule has 0 atom stereocenters. The summed E-state index contributed by atoms with van der Waals surface area (Å²) in [6.07, 6.45) is 3.11. The molecule has 0 saturated heterocycles. The number of esters is 1. The fourth-order valence-corrected chi connectivity index (χ4v) is 3.18. The van der Waals surface area contributed by atoms with Gasteiger partial charge in [0, 0.05) is 6.08 Å². The van der Waals surface area contributed by atoms with Gasteiger partial charge in [-0.2, -0.15) is 4.99 Å². The Hall–Kier alpha value is -4.20. The molecule has 1 N–H and O–H groups in total. The SMILES string of the molecule is CCOc1cc(/C=C2/C(=N)N3OC(C)=CC3=NC2=O)ccc1OC(=O)c1ccc(C)cc1. The first-order chi connectivity index (χ1) is 15.4. The molecule has 0 aliphatic carbocycles. The Morgan fingerprint density at radius 3 is 2.62 bits per heavy atom. The molecule has 2 aromatic rings. The number of amidine groups is 2. The minimum Gasteiger partial charge on any atom is -0.490 e. The second-order valence-corrected chi connectivity index (χ2v) is 7.22. The molecule has 0 spiro atoms. The lowest BCUT2D eigenvalue weighted by Gasteiger charge is -2.23. The van der Waals surface area contributed by atoms with Gasteiger partial charge in [-0.3, -0.25) is 10.2 Å². The van der Waals surface area contributed by atoms with Crippen LogP contribution in [0, 0.1) is 12.3 Å². The molecule has 1 amide bonds. The second kappa shape index (κ2) is 8.50. The Kier molecular flexibility index (Phi) is 5.59. The molecule has 8 heteroatoms. The van der Waals surface area contributed by atoms with E-state index in [4.69, 9.17) is 19.7 Å². The summed E-state index contributed by atoms with van der Waals surface area (Å²) in [5.74, 6) is 0.273. The molecule has 0 saturated carbocycles. The second-order valence-electron chi connectivity index (χ2n) is 7.22. The fourth-order valence-electron chi connectivity index (χ4n) is 3.18. The lowest BCUT2D eigenvalue weighted by molar-refractivity contribution is -0.114. The van der Waals surface area contributed by atoms with E-state index in [1.165, 1.54) is 11.1 Å². The van der Waals surface area contributed by atoms with Crippen molar-refractivity contribution in [1.29, 1.82) is 5.41 Å². The quantitative estimate of drug-likeness (QED) is 0.435. The van der Waals surface area contributed by atoms with Crippen molar-refractivity contribution in [2.45, 2.75) is 20.8 Å². The third kappa shape index (κ3) is 4.15. The summed E-state index contributed by atoms with van der Waals surface area (Å²) >= 11 is 0. The van der Waals surface area contributed by atoms with E-state index in [0.29, 0.717) is 29.2 Å². The molecule has 4 rings (SSSR count). The van der Waals surface area contributed by atoms with Crippen LogP contribution in [0.1, 0.15) is 35.3 Å². The van der Waals surface area contributed by atoms with Crippen molar-refractivity contribution in [2.75, 3.05) is 6.61 Å². The molecule has 0 aromatic heterocycles. The molecule has 162 valence electrons. The number of amides is 1. The van der Waals surface area contributed by atoms with Crippen molar-refractivity contribution in [2.24, 2.45) is 4.99 Å². The van der Waals surface area contributed by atoms with Gasteiger partial charge in [-0.15, -0.1) is 5.06 Å². The van der Waals surface area contributed by atoms with Crippen LogP contribution in [-0.2, 0) is 9.63 Å². The molecule has 2 heterocycles. The van der Waals surface area contributed by atoms with Crippen LogP contribution in [0.4, 0.5) is 0 Å². The number of allylic oxidation sites excluding steroid dienone is 1. The number of nitrogens with one attached hydrogen (secondary N) is 1. The van der Waals surface area contributed by atoms with Gasteiger partial charge in [0.25, 0.3) is 5.91 Å². The third-order valence-electron chi connectivity index (χ3n) is 4.75. The van der Waals surface area contributed by atoms with Crippen molar-refractivity contribution in [3.05, 3.63) is 76.6 Å². The average molecular weight is 431 g/mol. The summed E-state index contributed by atoms with van der Waals surface area (Å²) in [4.78, 5) is 34.4. The molecule has 2 aromatic carbocycles. The first kappa shape index (κ1) is 21.0. The number of hydrogen-bond acceptors (Lipinski definition) is 6. The number of aryl methyl sites for hydroxylation is 1. The number of ether oxygens (including phenoxy) is 2. The minimum absolute atomic E-state index is 0.0729. The first-order valence-electron chi connectivity index (χ1n) is 10.0. The predicted molar refractivity (Wildman–Crippen MR) is 119 cm³/mol. The minimum atomic E-state index is -0.538. The topological polar surface area (TPSA) is 101 Å². The van der Waals surface area contributed by atoms with Crippen molar-refractivity contribution in [1.82, 2.24) is 5.06 Å². The highest BCUT2D eigenvalue weighted by atomic mass is 16.7. The normalized spacial score (nSPS) is 16.3. The van der Waals surface area contributed by atoms with Crippen molar-refractivity contribution >= 4 is 29.6 Å². The van der Waals surface area contributed by atoms with E-state index in [2.05, 4.69) is 4.99 Å². The van der Waals surface area contributed by atoms with Gasteiger partial charge in [-0.05, 0) is 56.7 Å². The molecule has 0 fully saturated rings. The van der Waals surface area contributed by atoms with Crippen molar-refractivity contribution in [3.8, 4) is 11.5 Å². The number of benzene rings is 2. The fraction of sp³-hybridized carbons (Fsp3) is 0.167. The zero-order chi connectivity index (χ0) is 22.8. The first-order valence-corrected chi connectivity index (χ1v) is 10.0. The molecule has 2 aliphatic heterocycles. The molecular formula is C24H21N3O5. The number of hydrogen-bond donors (Lipinski definition) is 1.